The summed E-state index contributed by atoms with van der Waals surface area (Å²) < 4.78 is 5.27. The Labute approximate surface area is 85.5 Å². The first-order valence-corrected chi connectivity index (χ1v) is 5.01. The van der Waals surface area contributed by atoms with Gasteiger partial charge in [0.1, 0.15) is 6.23 Å². The Morgan fingerprint density at radius 3 is 2.71 bits per heavy atom. The smallest absolute Gasteiger partial charge is 0.137 e. The normalized spacial score (nSPS) is 18.6. The number of hydrogen-bond donors (Lipinski definition) is 2. The summed E-state index contributed by atoms with van der Waals surface area (Å²) in [6.07, 6.45) is 0.0300. The minimum Gasteiger partial charge on any atom is -0.372 e. The van der Waals surface area contributed by atoms with Gasteiger partial charge in [0.15, 0.2) is 0 Å². The molecular formula is C11H18N2O. The van der Waals surface area contributed by atoms with Crippen molar-refractivity contribution in [2.45, 2.75) is 20.1 Å². The van der Waals surface area contributed by atoms with Crippen LogP contribution < -0.4 is 10.6 Å². The van der Waals surface area contributed by atoms with E-state index in [1.807, 2.05) is 26.0 Å². The number of rotatable bonds is 1. The van der Waals surface area contributed by atoms with Crippen molar-refractivity contribution in [1.82, 2.24) is 5.32 Å². The number of para-hydroxylation sites is 1. The maximum atomic E-state index is 5.27. The summed E-state index contributed by atoms with van der Waals surface area (Å²) in [5.74, 6) is 0. The lowest BCUT2D eigenvalue weighted by atomic mass is 10.1. The van der Waals surface area contributed by atoms with Crippen molar-refractivity contribution in [2.75, 3.05) is 19.1 Å². The molecule has 0 radical (unpaired) electrons. The third-order valence-corrected chi connectivity index (χ3v) is 2.05. The fraction of sp³-hybridized carbons (Fsp3) is 0.455. The third kappa shape index (κ3) is 2.25. The van der Waals surface area contributed by atoms with E-state index in [0.717, 1.165) is 12.4 Å². The van der Waals surface area contributed by atoms with Crippen LogP contribution in [0, 0.1) is 0 Å². The van der Waals surface area contributed by atoms with Crippen molar-refractivity contribution < 1.29 is 4.74 Å². The molecule has 0 aliphatic carbocycles. The number of anilines is 1. The van der Waals surface area contributed by atoms with E-state index >= 15 is 0 Å². The van der Waals surface area contributed by atoms with Crippen molar-refractivity contribution in [3.05, 3.63) is 29.8 Å². The van der Waals surface area contributed by atoms with Gasteiger partial charge in [-0.1, -0.05) is 32.0 Å². The second-order valence-electron chi connectivity index (χ2n) is 2.76. The number of ether oxygens (including phenoxy) is 1. The molecule has 2 rings (SSSR count). The molecule has 78 valence electrons. The first-order valence-electron chi connectivity index (χ1n) is 5.01. The van der Waals surface area contributed by atoms with Crippen molar-refractivity contribution in [3.8, 4) is 0 Å². The maximum Gasteiger partial charge on any atom is 0.137 e. The van der Waals surface area contributed by atoms with E-state index < -0.39 is 0 Å². The topological polar surface area (TPSA) is 33.3 Å². The summed E-state index contributed by atoms with van der Waals surface area (Å²) in [6, 6.07) is 8.15. The second kappa shape index (κ2) is 5.62. The van der Waals surface area contributed by atoms with Crippen LogP contribution in [-0.2, 0) is 4.74 Å². The summed E-state index contributed by atoms with van der Waals surface area (Å²) in [5.41, 5.74) is 2.33. The molecule has 0 saturated carbocycles. The molecule has 0 bridgehead atoms. The van der Waals surface area contributed by atoms with Crippen LogP contribution in [0.4, 0.5) is 5.69 Å². The van der Waals surface area contributed by atoms with Crippen LogP contribution in [0.15, 0.2) is 24.3 Å². The highest BCUT2D eigenvalue weighted by Gasteiger charge is 2.16. The first kappa shape index (κ1) is 11.0. The molecule has 1 aliphatic rings. The standard InChI is InChI=1S/C9H12N2O.C2H6/c1-12-9-7-4-2-3-5-8(7)10-6-11-9;1-2/h2-5,9-11H,6H2,1H3;1-2H3. The Bertz CT molecular complexity index is 276. The van der Waals surface area contributed by atoms with E-state index in [0.29, 0.717) is 0 Å². The first-order chi connectivity index (χ1) is 6.92. The highest BCUT2D eigenvalue weighted by Crippen LogP contribution is 2.25. The van der Waals surface area contributed by atoms with E-state index in [9.17, 15) is 0 Å². The molecule has 3 nitrogen and oxygen atoms in total. The molecule has 1 unspecified atom stereocenters. The van der Waals surface area contributed by atoms with E-state index in [4.69, 9.17) is 4.74 Å². The van der Waals surface area contributed by atoms with Crippen molar-refractivity contribution >= 4 is 5.69 Å². The van der Waals surface area contributed by atoms with Crippen LogP contribution >= 0.6 is 0 Å². The van der Waals surface area contributed by atoms with E-state index in [2.05, 4.69) is 22.8 Å². The van der Waals surface area contributed by atoms with Gasteiger partial charge >= 0.3 is 0 Å². The van der Waals surface area contributed by atoms with Crippen LogP contribution in [0.1, 0.15) is 25.6 Å². The van der Waals surface area contributed by atoms with Crippen molar-refractivity contribution in [2.24, 2.45) is 0 Å². The summed E-state index contributed by atoms with van der Waals surface area (Å²) in [5, 5.41) is 6.43. The van der Waals surface area contributed by atoms with Crippen LogP contribution in [0.25, 0.3) is 0 Å². The number of benzene rings is 1. The third-order valence-electron chi connectivity index (χ3n) is 2.05. The van der Waals surface area contributed by atoms with Gasteiger partial charge < -0.3 is 10.1 Å². The summed E-state index contributed by atoms with van der Waals surface area (Å²) in [6.45, 7) is 4.76. The quantitative estimate of drug-likeness (QED) is 0.720. The fourth-order valence-electron chi connectivity index (χ4n) is 1.45. The lowest BCUT2D eigenvalue weighted by molar-refractivity contribution is 0.0733. The molecule has 0 spiro atoms. The zero-order valence-corrected chi connectivity index (χ0v) is 9.00. The molecule has 1 aliphatic heterocycles. The van der Waals surface area contributed by atoms with E-state index in [1.165, 1.54) is 5.56 Å². The van der Waals surface area contributed by atoms with Gasteiger partial charge in [-0.15, -0.1) is 0 Å². The zero-order chi connectivity index (χ0) is 10.4. The number of nitrogens with one attached hydrogen (secondary N) is 2. The van der Waals surface area contributed by atoms with Crippen LogP contribution in [0.2, 0.25) is 0 Å². The molecule has 0 fully saturated rings. The molecule has 1 heterocycles. The molecular weight excluding hydrogens is 176 g/mol. The Morgan fingerprint density at radius 2 is 2.00 bits per heavy atom. The monoisotopic (exact) mass is 194 g/mol. The van der Waals surface area contributed by atoms with Gasteiger partial charge in [-0.05, 0) is 6.07 Å². The second-order valence-corrected chi connectivity index (χ2v) is 2.76. The Hall–Kier alpha value is -1.06. The summed E-state index contributed by atoms with van der Waals surface area (Å²) in [4.78, 5) is 0. The van der Waals surface area contributed by atoms with Gasteiger partial charge in [0.25, 0.3) is 0 Å². The van der Waals surface area contributed by atoms with Crippen molar-refractivity contribution in [3.63, 3.8) is 0 Å². The van der Waals surface area contributed by atoms with Gasteiger partial charge in [0.2, 0.25) is 0 Å². The average Bonchev–Trinajstić information content (AvgIpc) is 2.31. The largest absolute Gasteiger partial charge is 0.372 e. The highest BCUT2D eigenvalue weighted by atomic mass is 16.5. The zero-order valence-electron chi connectivity index (χ0n) is 9.00. The number of fused-ring (bicyclic) bond motifs is 1. The number of hydrogen-bond acceptors (Lipinski definition) is 3. The maximum absolute atomic E-state index is 5.27. The molecule has 0 aromatic heterocycles. The highest BCUT2D eigenvalue weighted by molar-refractivity contribution is 5.53. The van der Waals surface area contributed by atoms with E-state index in [-0.39, 0.29) is 6.23 Å². The molecule has 1 atom stereocenters. The van der Waals surface area contributed by atoms with Crippen LogP contribution in [0.3, 0.4) is 0 Å². The molecule has 14 heavy (non-hydrogen) atoms. The summed E-state index contributed by atoms with van der Waals surface area (Å²) >= 11 is 0. The van der Waals surface area contributed by atoms with Gasteiger partial charge in [-0.2, -0.15) is 0 Å². The molecule has 3 heteroatoms. The molecule has 2 N–H and O–H groups in total. The summed E-state index contributed by atoms with van der Waals surface area (Å²) in [7, 11) is 1.71. The fourth-order valence-corrected chi connectivity index (χ4v) is 1.45. The van der Waals surface area contributed by atoms with Crippen molar-refractivity contribution in [1.29, 1.82) is 0 Å². The minimum atomic E-state index is 0.0300. The van der Waals surface area contributed by atoms with Gasteiger partial charge in [-0.3, -0.25) is 5.32 Å². The Morgan fingerprint density at radius 1 is 1.29 bits per heavy atom. The van der Waals surface area contributed by atoms with Crippen LogP contribution in [-0.4, -0.2) is 13.8 Å². The molecule has 0 amide bonds. The molecule has 0 saturated heterocycles. The Balaban J connectivity index is 0.000000461. The van der Waals surface area contributed by atoms with Gasteiger partial charge in [0.05, 0.1) is 6.67 Å². The average molecular weight is 194 g/mol. The lowest BCUT2D eigenvalue weighted by Gasteiger charge is -2.26. The SMILES string of the molecule is CC.COC1NCNc2ccccc21. The minimum absolute atomic E-state index is 0.0300. The van der Waals surface area contributed by atoms with Gasteiger partial charge in [-0.25, -0.2) is 0 Å². The predicted octanol–water partition coefficient (Wildman–Crippen LogP) is 2.33. The van der Waals surface area contributed by atoms with E-state index in [1.54, 1.807) is 7.11 Å². The molecule has 1 aromatic rings. The predicted molar refractivity (Wildman–Crippen MR) is 59.2 cm³/mol. The lowest BCUT2D eigenvalue weighted by Crippen LogP contribution is -2.33. The molecule has 1 aromatic carbocycles. The number of methoxy groups -OCH3 is 1. The van der Waals surface area contributed by atoms with Crippen LogP contribution in [0.5, 0.6) is 0 Å². The van der Waals surface area contributed by atoms with Gasteiger partial charge in [0, 0.05) is 18.4 Å². The Kier molecular flexibility index (Phi) is 4.43.